The first kappa shape index (κ1) is 9.77. The molecule has 0 bridgehead atoms. The fraction of sp³-hybridized carbons (Fsp3) is 0.286. The molecule has 0 saturated heterocycles. The monoisotopic (exact) mass is 251 g/mol. The number of hydrogen-bond donors (Lipinski definition) is 1. The van der Waals surface area contributed by atoms with Gasteiger partial charge in [-0.2, -0.15) is 0 Å². The molecule has 0 spiro atoms. The average molecular weight is 252 g/mol. The summed E-state index contributed by atoms with van der Waals surface area (Å²) in [5, 5.41) is 8.90. The van der Waals surface area contributed by atoms with Gasteiger partial charge in [-0.1, -0.05) is 11.6 Å². The molecule has 0 fully saturated rings. The van der Waals surface area contributed by atoms with Crippen LogP contribution in [0.1, 0.15) is 0 Å². The van der Waals surface area contributed by atoms with Crippen molar-refractivity contribution in [1.29, 1.82) is 0 Å². The van der Waals surface area contributed by atoms with Crippen LogP contribution < -0.4 is 4.74 Å². The number of ether oxygens (including phenoxy) is 1. The van der Waals surface area contributed by atoms with Gasteiger partial charge in [-0.25, -0.2) is 4.98 Å². The predicted octanol–water partition coefficient (Wildman–Crippen LogP) is 1.87. The Morgan fingerprint density at radius 2 is 2.42 bits per heavy atom. The molecule has 1 rings (SSSR count). The zero-order valence-corrected chi connectivity index (χ0v) is 8.47. The third-order valence-corrected chi connectivity index (χ3v) is 1.81. The van der Waals surface area contributed by atoms with Gasteiger partial charge < -0.3 is 9.84 Å². The summed E-state index contributed by atoms with van der Waals surface area (Å²) >= 11 is 8.98. The Kier molecular flexibility index (Phi) is 3.78. The number of hydrogen-bond acceptors (Lipinski definition) is 3. The molecule has 0 aliphatic rings. The van der Waals surface area contributed by atoms with Gasteiger partial charge in [0.1, 0.15) is 11.6 Å². The number of nitrogens with zero attached hydrogens (tertiary/aromatic N) is 1. The van der Waals surface area contributed by atoms with Gasteiger partial charge in [0, 0.05) is 10.7 Å². The molecule has 1 aromatic heterocycles. The molecule has 0 aromatic carbocycles. The highest BCUT2D eigenvalue weighted by atomic mass is 79.9. The van der Waals surface area contributed by atoms with Crippen LogP contribution >= 0.6 is 27.5 Å². The molecule has 5 heteroatoms. The van der Waals surface area contributed by atoms with Crippen LogP contribution in [0.25, 0.3) is 0 Å². The maximum Gasteiger partial charge on any atom is 0.232 e. The normalized spacial score (nSPS) is 9.92. The standard InChI is InChI=1S/C7H7BrClNO2/c8-5-3-6(9)7(10-4-5)12-2-1-11/h3-4,11H,1-2H2. The van der Waals surface area contributed by atoms with Crippen molar-refractivity contribution in [3.8, 4) is 5.88 Å². The van der Waals surface area contributed by atoms with E-state index in [0.717, 1.165) is 4.47 Å². The van der Waals surface area contributed by atoms with E-state index in [2.05, 4.69) is 20.9 Å². The third-order valence-electron chi connectivity index (χ3n) is 1.10. The van der Waals surface area contributed by atoms with E-state index in [9.17, 15) is 0 Å². The first-order valence-corrected chi connectivity index (χ1v) is 4.46. The molecule has 12 heavy (non-hydrogen) atoms. The van der Waals surface area contributed by atoms with Crippen molar-refractivity contribution in [3.05, 3.63) is 21.8 Å². The minimum Gasteiger partial charge on any atom is -0.474 e. The number of aromatic nitrogens is 1. The van der Waals surface area contributed by atoms with E-state index >= 15 is 0 Å². The largest absolute Gasteiger partial charge is 0.474 e. The maximum atomic E-state index is 8.47. The Bertz CT molecular complexity index is 270. The van der Waals surface area contributed by atoms with Crippen molar-refractivity contribution in [2.24, 2.45) is 0 Å². The molecule has 0 amide bonds. The summed E-state index contributed by atoms with van der Waals surface area (Å²) in [6.07, 6.45) is 1.58. The van der Waals surface area contributed by atoms with Crippen molar-refractivity contribution in [3.63, 3.8) is 0 Å². The molecule has 3 nitrogen and oxygen atoms in total. The summed E-state index contributed by atoms with van der Waals surface area (Å²) in [6.45, 7) is 0.155. The minimum absolute atomic E-state index is 0.0475. The van der Waals surface area contributed by atoms with Gasteiger partial charge in [-0.3, -0.25) is 0 Å². The molecule has 1 heterocycles. The molecule has 0 aliphatic carbocycles. The Labute approximate surface area is 83.5 Å². The van der Waals surface area contributed by atoms with E-state index in [1.54, 1.807) is 12.3 Å². The van der Waals surface area contributed by atoms with Crippen LogP contribution in [0, 0.1) is 0 Å². The van der Waals surface area contributed by atoms with E-state index in [1.807, 2.05) is 0 Å². The fourth-order valence-corrected chi connectivity index (χ4v) is 1.33. The highest BCUT2D eigenvalue weighted by molar-refractivity contribution is 9.10. The van der Waals surface area contributed by atoms with Crippen LogP contribution in [-0.2, 0) is 0 Å². The molecule has 0 radical (unpaired) electrons. The zero-order valence-electron chi connectivity index (χ0n) is 6.13. The first-order valence-electron chi connectivity index (χ1n) is 3.28. The number of aliphatic hydroxyl groups is 1. The lowest BCUT2D eigenvalue weighted by molar-refractivity contribution is 0.197. The van der Waals surface area contributed by atoms with E-state index in [1.165, 1.54) is 0 Å². The second-order valence-corrected chi connectivity index (χ2v) is 3.34. The van der Waals surface area contributed by atoms with Gasteiger partial charge in [-0.15, -0.1) is 0 Å². The highest BCUT2D eigenvalue weighted by Gasteiger charge is 2.02. The molecule has 0 saturated carbocycles. The van der Waals surface area contributed by atoms with Crippen LogP contribution in [0.4, 0.5) is 0 Å². The summed E-state index contributed by atoms with van der Waals surface area (Å²) in [7, 11) is 0. The van der Waals surface area contributed by atoms with Crippen LogP contribution in [-0.4, -0.2) is 23.3 Å². The molecular weight excluding hydrogens is 245 g/mol. The van der Waals surface area contributed by atoms with E-state index in [4.69, 9.17) is 21.4 Å². The van der Waals surface area contributed by atoms with Gasteiger partial charge in [0.25, 0.3) is 0 Å². The number of pyridine rings is 1. The van der Waals surface area contributed by atoms with Crippen LogP contribution in [0.15, 0.2) is 16.7 Å². The molecule has 0 unspecified atom stereocenters. The third kappa shape index (κ3) is 2.62. The molecule has 0 atom stereocenters. The lowest BCUT2D eigenvalue weighted by Crippen LogP contribution is -2.03. The Morgan fingerprint density at radius 3 is 3.00 bits per heavy atom. The second-order valence-electron chi connectivity index (χ2n) is 2.01. The van der Waals surface area contributed by atoms with Crippen LogP contribution in [0.5, 0.6) is 5.88 Å². The zero-order chi connectivity index (χ0) is 8.97. The number of aliphatic hydroxyl groups excluding tert-OH is 1. The van der Waals surface area contributed by atoms with Crippen LogP contribution in [0.3, 0.4) is 0 Å². The molecule has 0 aliphatic heterocycles. The van der Waals surface area contributed by atoms with Gasteiger partial charge >= 0.3 is 0 Å². The second kappa shape index (κ2) is 4.64. The Morgan fingerprint density at radius 1 is 1.67 bits per heavy atom. The Balaban J connectivity index is 2.72. The average Bonchev–Trinajstić information content (AvgIpc) is 2.03. The molecule has 66 valence electrons. The van der Waals surface area contributed by atoms with E-state index in [-0.39, 0.29) is 13.2 Å². The van der Waals surface area contributed by atoms with Crippen LogP contribution in [0.2, 0.25) is 5.02 Å². The molecule has 1 aromatic rings. The topological polar surface area (TPSA) is 42.4 Å². The van der Waals surface area contributed by atoms with Crippen molar-refractivity contribution in [1.82, 2.24) is 4.98 Å². The van der Waals surface area contributed by atoms with Crippen molar-refractivity contribution in [2.45, 2.75) is 0 Å². The molecular formula is C7H7BrClNO2. The minimum atomic E-state index is -0.0475. The smallest absolute Gasteiger partial charge is 0.232 e. The van der Waals surface area contributed by atoms with Crippen molar-refractivity contribution in [2.75, 3.05) is 13.2 Å². The first-order chi connectivity index (χ1) is 5.74. The lowest BCUT2D eigenvalue weighted by Gasteiger charge is -2.04. The van der Waals surface area contributed by atoms with Crippen molar-refractivity contribution >= 4 is 27.5 Å². The fourth-order valence-electron chi connectivity index (χ4n) is 0.651. The number of halogens is 2. The summed E-state index contributed by atoms with van der Waals surface area (Å²) in [5.74, 6) is 0.342. The van der Waals surface area contributed by atoms with Gasteiger partial charge in [0.15, 0.2) is 0 Å². The summed E-state index contributed by atoms with van der Waals surface area (Å²) < 4.78 is 5.82. The summed E-state index contributed by atoms with van der Waals surface area (Å²) in [4.78, 5) is 3.90. The van der Waals surface area contributed by atoms with Crippen molar-refractivity contribution < 1.29 is 9.84 Å². The van der Waals surface area contributed by atoms with E-state index in [0.29, 0.717) is 10.9 Å². The van der Waals surface area contributed by atoms with Gasteiger partial charge in [0.05, 0.1) is 6.61 Å². The van der Waals surface area contributed by atoms with Gasteiger partial charge in [0.2, 0.25) is 5.88 Å². The lowest BCUT2D eigenvalue weighted by atomic mass is 10.5. The summed E-state index contributed by atoms with van der Waals surface area (Å²) in [5.41, 5.74) is 0. The molecule has 1 N–H and O–H groups in total. The number of rotatable bonds is 3. The Hall–Kier alpha value is -0.320. The maximum absolute atomic E-state index is 8.47. The highest BCUT2D eigenvalue weighted by Crippen LogP contribution is 2.24. The quantitative estimate of drug-likeness (QED) is 0.893. The predicted molar refractivity (Wildman–Crippen MR) is 49.5 cm³/mol. The summed E-state index contributed by atoms with van der Waals surface area (Å²) in [6, 6.07) is 1.68. The van der Waals surface area contributed by atoms with Gasteiger partial charge in [-0.05, 0) is 22.0 Å². The SMILES string of the molecule is OCCOc1ncc(Br)cc1Cl. The van der Waals surface area contributed by atoms with E-state index < -0.39 is 0 Å².